The Kier molecular flexibility index (Phi) is 4.20. The average Bonchev–Trinajstić information content (AvgIpc) is 2.78. The van der Waals surface area contributed by atoms with E-state index in [1.54, 1.807) is 0 Å². The van der Waals surface area contributed by atoms with Gasteiger partial charge in [0.05, 0.1) is 16.6 Å². The molecular formula is C14H15F3N2O2. The first-order chi connectivity index (χ1) is 9.86. The van der Waals surface area contributed by atoms with Crippen molar-refractivity contribution in [3.63, 3.8) is 0 Å². The molecule has 0 amide bonds. The van der Waals surface area contributed by atoms with E-state index < -0.39 is 18.0 Å². The van der Waals surface area contributed by atoms with Crippen LogP contribution in [0.3, 0.4) is 0 Å². The minimum Gasteiger partial charge on any atom is -0.478 e. The van der Waals surface area contributed by atoms with E-state index >= 15 is 0 Å². The second-order valence-corrected chi connectivity index (χ2v) is 4.77. The molecule has 1 aromatic heterocycles. The highest BCUT2D eigenvalue weighted by Crippen LogP contribution is 2.33. The first-order valence-corrected chi connectivity index (χ1v) is 6.66. The van der Waals surface area contributed by atoms with Crippen LogP contribution in [0.2, 0.25) is 0 Å². The molecule has 2 aromatic rings. The Labute approximate surface area is 119 Å². The number of fused-ring (bicyclic) bond motifs is 1. The van der Waals surface area contributed by atoms with Crippen LogP contribution in [0.4, 0.5) is 13.2 Å². The number of unbranched alkanes of at least 4 members (excludes halogenated alkanes) is 2. The van der Waals surface area contributed by atoms with Crippen molar-refractivity contribution in [2.24, 2.45) is 0 Å². The topological polar surface area (TPSA) is 55.1 Å². The number of alkyl halides is 3. The van der Waals surface area contributed by atoms with E-state index in [2.05, 4.69) is 4.98 Å². The number of aromatic nitrogens is 2. The van der Waals surface area contributed by atoms with Crippen LogP contribution in [0.1, 0.15) is 42.4 Å². The van der Waals surface area contributed by atoms with Gasteiger partial charge in [-0.1, -0.05) is 25.8 Å². The summed E-state index contributed by atoms with van der Waals surface area (Å²) in [5, 5.41) is 9.17. The van der Waals surface area contributed by atoms with Crippen molar-refractivity contribution in [1.82, 2.24) is 9.55 Å². The number of carbonyl (C=O) groups is 1. The molecule has 1 N–H and O–H groups in total. The van der Waals surface area contributed by atoms with Crippen molar-refractivity contribution < 1.29 is 23.1 Å². The van der Waals surface area contributed by atoms with Gasteiger partial charge in [0.2, 0.25) is 5.82 Å². The highest BCUT2D eigenvalue weighted by atomic mass is 19.4. The van der Waals surface area contributed by atoms with Crippen LogP contribution in [0.15, 0.2) is 18.2 Å². The summed E-state index contributed by atoms with van der Waals surface area (Å²) < 4.78 is 40.3. The zero-order valence-electron chi connectivity index (χ0n) is 11.4. The summed E-state index contributed by atoms with van der Waals surface area (Å²) in [4.78, 5) is 14.8. The minimum absolute atomic E-state index is 0.0356. The van der Waals surface area contributed by atoms with Gasteiger partial charge in [0.25, 0.3) is 0 Å². The number of carboxylic acid groups (broad SMARTS) is 1. The number of aromatic carboxylic acids is 1. The number of halogens is 3. The summed E-state index contributed by atoms with van der Waals surface area (Å²) in [7, 11) is 0. The smallest absolute Gasteiger partial charge is 0.449 e. The predicted octanol–water partition coefficient (Wildman–Crippen LogP) is 3.94. The molecule has 0 aliphatic carbocycles. The van der Waals surface area contributed by atoms with Crippen molar-refractivity contribution in [2.75, 3.05) is 0 Å². The van der Waals surface area contributed by atoms with Crippen LogP contribution in [0.25, 0.3) is 11.0 Å². The molecule has 21 heavy (non-hydrogen) atoms. The number of aryl methyl sites for hydroxylation is 1. The summed E-state index contributed by atoms with van der Waals surface area (Å²) in [6, 6.07) is 4.09. The summed E-state index contributed by atoms with van der Waals surface area (Å²) in [6.45, 7) is 2.04. The van der Waals surface area contributed by atoms with Crippen LogP contribution in [-0.2, 0) is 12.7 Å². The zero-order valence-corrected chi connectivity index (χ0v) is 11.4. The first kappa shape index (κ1) is 15.3. The van der Waals surface area contributed by atoms with Gasteiger partial charge in [0.1, 0.15) is 0 Å². The molecule has 0 aliphatic heterocycles. The molecule has 0 saturated heterocycles. The van der Waals surface area contributed by atoms with E-state index in [0.29, 0.717) is 6.42 Å². The predicted molar refractivity (Wildman–Crippen MR) is 71.2 cm³/mol. The monoisotopic (exact) mass is 300 g/mol. The standard InChI is InChI=1S/C14H15F3N2O2/c1-2-3-4-8-19-11-9(12(20)21)6-5-7-10(11)18-13(19)14(15,16)17/h5-7H,2-4,8H2,1H3,(H,20,21). The van der Waals surface area contributed by atoms with E-state index in [1.165, 1.54) is 18.2 Å². The van der Waals surface area contributed by atoms with E-state index in [1.807, 2.05) is 6.92 Å². The van der Waals surface area contributed by atoms with Gasteiger partial charge in [-0.2, -0.15) is 13.2 Å². The lowest BCUT2D eigenvalue weighted by Crippen LogP contribution is -2.16. The molecule has 0 saturated carbocycles. The van der Waals surface area contributed by atoms with Gasteiger partial charge in [-0.15, -0.1) is 0 Å². The molecule has 0 bridgehead atoms. The molecule has 7 heteroatoms. The van der Waals surface area contributed by atoms with Crippen molar-refractivity contribution in [1.29, 1.82) is 0 Å². The van der Waals surface area contributed by atoms with E-state index in [4.69, 9.17) is 5.11 Å². The van der Waals surface area contributed by atoms with Crippen molar-refractivity contribution in [3.05, 3.63) is 29.6 Å². The average molecular weight is 300 g/mol. The number of hydrogen-bond acceptors (Lipinski definition) is 2. The molecule has 114 valence electrons. The second-order valence-electron chi connectivity index (χ2n) is 4.77. The Hall–Kier alpha value is -2.05. The molecule has 1 aromatic carbocycles. The lowest BCUT2D eigenvalue weighted by molar-refractivity contribution is -0.147. The molecule has 0 aliphatic rings. The number of nitrogens with zero attached hydrogens (tertiary/aromatic N) is 2. The molecule has 0 fully saturated rings. The fraction of sp³-hybridized carbons (Fsp3) is 0.429. The Morgan fingerprint density at radius 1 is 1.33 bits per heavy atom. The maximum absolute atomic E-state index is 13.1. The first-order valence-electron chi connectivity index (χ1n) is 6.66. The van der Waals surface area contributed by atoms with E-state index in [-0.39, 0.29) is 23.1 Å². The van der Waals surface area contributed by atoms with E-state index in [0.717, 1.165) is 17.4 Å². The van der Waals surface area contributed by atoms with Crippen LogP contribution in [-0.4, -0.2) is 20.6 Å². The number of benzene rings is 1. The maximum Gasteiger partial charge on any atom is 0.449 e. The molecular weight excluding hydrogens is 285 g/mol. The quantitative estimate of drug-likeness (QED) is 0.851. The van der Waals surface area contributed by atoms with Gasteiger partial charge in [0.15, 0.2) is 0 Å². The summed E-state index contributed by atoms with van der Waals surface area (Å²) >= 11 is 0. The van der Waals surface area contributed by atoms with Crippen LogP contribution < -0.4 is 0 Å². The third-order valence-corrected chi connectivity index (χ3v) is 3.24. The molecule has 4 nitrogen and oxygen atoms in total. The highest BCUT2D eigenvalue weighted by Gasteiger charge is 2.38. The lowest BCUT2D eigenvalue weighted by atomic mass is 10.1. The van der Waals surface area contributed by atoms with Gasteiger partial charge in [-0.05, 0) is 18.6 Å². The molecule has 0 atom stereocenters. The highest BCUT2D eigenvalue weighted by molar-refractivity contribution is 6.01. The second kappa shape index (κ2) is 5.75. The summed E-state index contributed by atoms with van der Waals surface area (Å²) in [5.74, 6) is -2.30. The van der Waals surface area contributed by atoms with Crippen LogP contribution in [0.5, 0.6) is 0 Å². The van der Waals surface area contributed by atoms with Gasteiger partial charge in [0, 0.05) is 6.54 Å². The van der Waals surface area contributed by atoms with Crippen molar-refractivity contribution in [2.45, 2.75) is 38.9 Å². The normalized spacial score (nSPS) is 12.0. The van der Waals surface area contributed by atoms with Crippen molar-refractivity contribution >= 4 is 17.0 Å². The fourth-order valence-corrected chi connectivity index (χ4v) is 2.31. The Morgan fingerprint density at radius 3 is 2.62 bits per heavy atom. The number of hydrogen-bond donors (Lipinski definition) is 1. The molecule has 0 radical (unpaired) electrons. The van der Waals surface area contributed by atoms with Crippen LogP contribution in [0, 0.1) is 0 Å². The third-order valence-electron chi connectivity index (χ3n) is 3.24. The minimum atomic E-state index is -4.61. The number of imidazole rings is 1. The Balaban J connectivity index is 2.65. The lowest BCUT2D eigenvalue weighted by Gasteiger charge is -2.12. The number of rotatable bonds is 5. The largest absolute Gasteiger partial charge is 0.478 e. The summed E-state index contributed by atoms with van der Waals surface area (Å²) in [5.41, 5.74) is -0.0702. The molecule has 0 unspecified atom stereocenters. The SMILES string of the molecule is CCCCCn1c(C(F)(F)F)nc2cccc(C(=O)O)c21. The maximum atomic E-state index is 13.1. The van der Waals surface area contributed by atoms with Gasteiger partial charge < -0.3 is 9.67 Å². The molecule has 0 spiro atoms. The third kappa shape index (κ3) is 3.01. The number of carboxylic acids is 1. The van der Waals surface area contributed by atoms with Crippen LogP contribution >= 0.6 is 0 Å². The zero-order chi connectivity index (χ0) is 15.6. The Bertz CT molecular complexity index is 662. The van der Waals surface area contributed by atoms with Crippen molar-refractivity contribution in [3.8, 4) is 0 Å². The fourth-order valence-electron chi connectivity index (χ4n) is 2.31. The molecule has 2 rings (SSSR count). The van der Waals surface area contributed by atoms with Gasteiger partial charge in [-0.25, -0.2) is 9.78 Å². The summed E-state index contributed by atoms with van der Waals surface area (Å²) in [6.07, 6.45) is -2.44. The Morgan fingerprint density at radius 2 is 2.05 bits per heavy atom. The van der Waals surface area contributed by atoms with Gasteiger partial charge >= 0.3 is 12.1 Å². The van der Waals surface area contributed by atoms with E-state index in [9.17, 15) is 18.0 Å². The molecule has 1 heterocycles. The number of para-hydroxylation sites is 1. The van der Waals surface area contributed by atoms with Gasteiger partial charge in [-0.3, -0.25) is 0 Å².